The first kappa shape index (κ1) is 13.9. The molecule has 0 bridgehead atoms. The van der Waals surface area contributed by atoms with E-state index in [-0.39, 0.29) is 5.91 Å². The molecule has 0 aliphatic carbocycles. The van der Waals surface area contributed by atoms with E-state index in [1.54, 1.807) is 11.3 Å². The van der Waals surface area contributed by atoms with Gasteiger partial charge in [-0.2, -0.15) is 0 Å². The van der Waals surface area contributed by atoms with Crippen LogP contribution in [0.25, 0.3) is 0 Å². The van der Waals surface area contributed by atoms with Crippen LogP contribution in [0.3, 0.4) is 0 Å². The molecule has 1 amide bonds. The number of fused-ring (bicyclic) bond motifs is 1. The zero-order valence-electron chi connectivity index (χ0n) is 12.0. The fourth-order valence-electron chi connectivity index (χ4n) is 2.62. The van der Waals surface area contributed by atoms with Gasteiger partial charge < -0.3 is 16.4 Å². The molecule has 5 heteroatoms. The lowest BCUT2D eigenvalue weighted by atomic mass is 10.0. The molecule has 110 valence electrons. The van der Waals surface area contributed by atoms with Crippen LogP contribution in [0.4, 0.5) is 17.1 Å². The summed E-state index contributed by atoms with van der Waals surface area (Å²) in [6, 6.07) is 8.45. The number of thiophene rings is 1. The summed E-state index contributed by atoms with van der Waals surface area (Å²) in [7, 11) is 0. The van der Waals surface area contributed by atoms with Gasteiger partial charge in [-0.1, -0.05) is 6.07 Å². The van der Waals surface area contributed by atoms with Gasteiger partial charge in [0, 0.05) is 29.4 Å². The van der Waals surface area contributed by atoms with Crippen molar-refractivity contribution in [3.63, 3.8) is 0 Å². The van der Waals surface area contributed by atoms with Crippen LogP contribution in [0.15, 0.2) is 29.6 Å². The number of nitrogens with one attached hydrogen (secondary N) is 2. The maximum atomic E-state index is 11.4. The number of anilines is 3. The highest BCUT2D eigenvalue weighted by atomic mass is 32.1. The van der Waals surface area contributed by atoms with Crippen LogP contribution in [0.1, 0.15) is 23.8 Å². The molecule has 0 spiro atoms. The van der Waals surface area contributed by atoms with E-state index >= 15 is 0 Å². The van der Waals surface area contributed by atoms with Gasteiger partial charge in [-0.25, -0.2) is 0 Å². The van der Waals surface area contributed by atoms with Crippen LogP contribution in [0, 0.1) is 0 Å². The summed E-state index contributed by atoms with van der Waals surface area (Å²) in [6.07, 6.45) is 2.29. The van der Waals surface area contributed by atoms with E-state index in [9.17, 15) is 4.79 Å². The fourth-order valence-corrected chi connectivity index (χ4v) is 3.45. The molecular formula is C16H19N3OS. The van der Waals surface area contributed by atoms with Gasteiger partial charge in [-0.15, -0.1) is 11.3 Å². The number of hydrogen-bond donors (Lipinski definition) is 3. The van der Waals surface area contributed by atoms with Gasteiger partial charge in [-0.05, 0) is 42.5 Å². The summed E-state index contributed by atoms with van der Waals surface area (Å²) in [6.45, 7) is 2.15. The van der Waals surface area contributed by atoms with E-state index in [4.69, 9.17) is 5.73 Å². The minimum absolute atomic E-state index is 0.0636. The maximum absolute atomic E-state index is 11.4. The molecule has 1 aromatic carbocycles. The van der Waals surface area contributed by atoms with Crippen molar-refractivity contribution in [2.45, 2.75) is 32.2 Å². The highest BCUT2D eigenvalue weighted by molar-refractivity contribution is 7.09. The molecule has 1 aliphatic heterocycles. The number of benzene rings is 1. The molecule has 1 atom stereocenters. The van der Waals surface area contributed by atoms with E-state index in [1.807, 2.05) is 6.07 Å². The van der Waals surface area contributed by atoms with E-state index in [0.29, 0.717) is 18.2 Å². The smallest absolute Gasteiger partial charge is 0.224 e. The molecule has 0 saturated heterocycles. The molecule has 1 unspecified atom stereocenters. The van der Waals surface area contributed by atoms with Gasteiger partial charge in [0.2, 0.25) is 5.91 Å². The highest BCUT2D eigenvalue weighted by Gasteiger charge is 2.17. The van der Waals surface area contributed by atoms with E-state index in [0.717, 1.165) is 29.8 Å². The fraction of sp³-hybridized carbons (Fsp3) is 0.312. The SMILES string of the molecule is CC(Cc1cccs1)Nc1cc2c(cc1N)NC(=O)CC2. The van der Waals surface area contributed by atoms with Gasteiger partial charge in [-0.3, -0.25) is 4.79 Å². The van der Waals surface area contributed by atoms with Crippen LogP contribution in [-0.4, -0.2) is 11.9 Å². The van der Waals surface area contributed by atoms with Gasteiger partial charge in [0.25, 0.3) is 0 Å². The van der Waals surface area contributed by atoms with Crippen LogP contribution >= 0.6 is 11.3 Å². The van der Waals surface area contributed by atoms with Gasteiger partial charge >= 0.3 is 0 Å². The van der Waals surface area contributed by atoms with Crippen molar-refractivity contribution in [2.24, 2.45) is 0 Å². The number of carbonyl (C=O) groups excluding carboxylic acids is 1. The Bertz CT molecular complexity index is 652. The largest absolute Gasteiger partial charge is 0.397 e. The molecule has 21 heavy (non-hydrogen) atoms. The van der Waals surface area contributed by atoms with Crippen LogP contribution in [0.2, 0.25) is 0 Å². The van der Waals surface area contributed by atoms with E-state index < -0.39 is 0 Å². The molecule has 3 rings (SSSR count). The monoisotopic (exact) mass is 301 g/mol. The number of nitrogens with two attached hydrogens (primary N) is 1. The second-order valence-electron chi connectivity index (χ2n) is 5.47. The second-order valence-corrected chi connectivity index (χ2v) is 6.51. The normalized spacial score (nSPS) is 15.2. The zero-order chi connectivity index (χ0) is 14.8. The number of nitrogen functional groups attached to an aromatic ring is 1. The van der Waals surface area contributed by atoms with Crippen molar-refractivity contribution in [3.8, 4) is 0 Å². The first-order valence-electron chi connectivity index (χ1n) is 7.13. The maximum Gasteiger partial charge on any atom is 0.224 e. The third-order valence-corrected chi connectivity index (χ3v) is 4.56. The molecule has 2 aromatic rings. The Kier molecular flexibility index (Phi) is 3.84. The van der Waals surface area contributed by atoms with Gasteiger partial charge in [0.15, 0.2) is 0 Å². The lowest BCUT2D eigenvalue weighted by molar-refractivity contribution is -0.116. The van der Waals surface area contributed by atoms with E-state index in [1.165, 1.54) is 4.88 Å². The Morgan fingerprint density at radius 3 is 3.05 bits per heavy atom. The van der Waals surface area contributed by atoms with Crippen LogP contribution in [-0.2, 0) is 17.6 Å². The third kappa shape index (κ3) is 3.19. The highest BCUT2D eigenvalue weighted by Crippen LogP contribution is 2.31. The molecule has 2 heterocycles. The number of amides is 1. The molecule has 0 saturated carbocycles. The first-order chi connectivity index (χ1) is 10.1. The number of carbonyl (C=O) groups is 1. The van der Waals surface area contributed by atoms with Gasteiger partial charge in [0.1, 0.15) is 0 Å². The summed E-state index contributed by atoms with van der Waals surface area (Å²) >= 11 is 1.77. The van der Waals surface area contributed by atoms with Crippen molar-refractivity contribution in [3.05, 3.63) is 40.1 Å². The van der Waals surface area contributed by atoms with Crippen LogP contribution < -0.4 is 16.4 Å². The third-order valence-electron chi connectivity index (χ3n) is 3.66. The predicted molar refractivity (Wildman–Crippen MR) is 88.9 cm³/mol. The lowest BCUT2D eigenvalue weighted by Crippen LogP contribution is -2.21. The van der Waals surface area contributed by atoms with Crippen molar-refractivity contribution in [1.82, 2.24) is 0 Å². The molecule has 0 fully saturated rings. The summed E-state index contributed by atoms with van der Waals surface area (Å²) < 4.78 is 0. The van der Waals surface area contributed by atoms with Crippen molar-refractivity contribution in [1.29, 1.82) is 0 Å². The van der Waals surface area contributed by atoms with Gasteiger partial charge in [0.05, 0.1) is 11.4 Å². The Balaban J connectivity index is 1.75. The van der Waals surface area contributed by atoms with E-state index in [2.05, 4.69) is 41.1 Å². The molecular weight excluding hydrogens is 282 g/mol. The first-order valence-corrected chi connectivity index (χ1v) is 8.01. The average Bonchev–Trinajstić information content (AvgIpc) is 2.92. The second kappa shape index (κ2) is 5.77. The number of rotatable bonds is 4. The standard InChI is InChI=1S/C16H19N3OS/c1-10(7-12-3-2-6-21-12)18-15-8-11-4-5-16(20)19-14(11)9-13(15)17/h2-3,6,8-10,18H,4-5,7,17H2,1H3,(H,19,20). The summed E-state index contributed by atoms with van der Waals surface area (Å²) in [5.41, 5.74) is 9.72. The number of aryl methyl sites for hydroxylation is 1. The quantitative estimate of drug-likeness (QED) is 0.759. The Morgan fingerprint density at radius 2 is 2.29 bits per heavy atom. The number of hydrogen-bond acceptors (Lipinski definition) is 4. The molecule has 4 nitrogen and oxygen atoms in total. The Labute approximate surface area is 128 Å². The van der Waals surface area contributed by atoms with Crippen molar-refractivity contribution < 1.29 is 4.79 Å². The Morgan fingerprint density at radius 1 is 1.43 bits per heavy atom. The van der Waals surface area contributed by atoms with Crippen molar-refractivity contribution in [2.75, 3.05) is 16.4 Å². The Hall–Kier alpha value is -2.01. The minimum Gasteiger partial charge on any atom is -0.397 e. The summed E-state index contributed by atoms with van der Waals surface area (Å²) in [5, 5.41) is 8.45. The molecule has 4 N–H and O–H groups in total. The summed E-state index contributed by atoms with van der Waals surface area (Å²) in [5.74, 6) is 0.0636. The molecule has 0 radical (unpaired) electrons. The topological polar surface area (TPSA) is 67.2 Å². The molecule has 1 aliphatic rings. The summed E-state index contributed by atoms with van der Waals surface area (Å²) in [4.78, 5) is 12.8. The predicted octanol–water partition coefficient (Wildman–Crippen LogP) is 3.26. The lowest BCUT2D eigenvalue weighted by Gasteiger charge is -2.22. The minimum atomic E-state index is 0.0636. The van der Waals surface area contributed by atoms with Crippen LogP contribution in [0.5, 0.6) is 0 Å². The molecule has 1 aromatic heterocycles. The average molecular weight is 301 g/mol. The van der Waals surface area contributed by atoms with Crippen molar-refractivity contribution >= 4 is 34.3 Å². The zero-order valence-corrected chi connectivity index (χ0v) is 12.8.